The monoisotopic (exact) mass is 402 g/mol. The first-order valence-electron chi connectivity index (χ1n) is 8.21. The number of halogens is 1. The van der Waals surface area contributed by atoms with Gasteiger partial charge < -0.3 is 4.90 Å². The number of rotatable bonds is 4. The standard InChI is InChI=1S/C20H19ClN2O3S/c1-22(2)27(25,26)15-11-12-18(21)17(13-15)20(24)23(3)19-10-6-8-14-7-4-5-9-16(14)19/h4-13H,1-3H3. The molecule has 3 aromatic carbocycles. The zero-order chi connectivity index (χ0) is 19.8. The molecule has 3 aromatic rings. The van der Waals surface area contributed by atoms with Crippen molar-refractivity contribution in [2.75, 3.05) is 26.0 Å². The minimum atomic E-state index is -3.67. The van der Waals surface area contributed by atoms with Crippen LogP contribution in [0.2, 0.25) is 5.02 Å². The van der Waals surface area contributed by atoms with E-state index in [1.807, 2.05) is 42.5 Å². The quantitative estimate of drug-likeness (QED) is 0.662. The first kappa shape index (κ1) is 19.4. The Hall–Kier alpha value is -2.41. The van der Waals surface area contributed by atoms with Crippen molar-refractivity contribution in [2.45, 2.75) is 4.90 Å². The molecule has 0 unspecified atom stereocenters. The van der Waals surface area contributed by atoms with Gasteiger partial charge in [0.2, 0.25) is 10.0 Å². The summed E-state index contributed by atoms with van der Waals surface area (Å²) >= 11 is 6.21. The van der Waals surface area contributed by atoms with Gasteiger partial charge in [-0.25, -0.2) is 12.7 Å². The maximum Gasteiger partial charge on any atom is 0.259 e. The van der Waals surface area contributed by atoms with Gasteiger partial charge in [-0.2, -0.15) is 0 Å². The van der Waals surface area contributed by atoms with Crippen molar-refractivity contribution in [1.82, 2.24) is 4.31 Å². The minimum Gasteiger partial charge on any atom is -0.311 e. The summed E-state index contributed by atoms with van der Waals surface area (Å²) in [5.41, 5.74) is 0.852. The van der Waals surface area contributed by atoms with Gasteiger partial charge in [-0.05, 0) is 29.7 Å². The van der Waals surface area contributed by atoms with Crippen molar-refractivity contribution in [2.24, 2.45) is 0 Å². The number of benzene rings is 3. The van der Waals surface area contributed by atoms with Crippen LogP contribution in [0.15, 0.2) is 65.6 Å². The minimum absolute atomic E-state index is 0.0200. The van der Waals surface area contributed by atoms with E-state index < -0.39 is 10.0 Å². The lowest BCUT2D eigenvalue weighted by Crippen LogP contribution is -2.27. The van der Waals surface area contributed by atoms with Gasteiger partial charge >= 0.3 is 0 Å². The van der Waals surface area contributed by atoms with Gasteiger partial charge in [-0.3, -0.25) is 4.79 Å². The van der Waals surface area contributed by atoms with Crippen LogP contribution in [0.1, 0.15) is 10.4 Å². The van der Waals surface area contributed by atoms with E-state index in [1.54, 1.807) is 7.05 Å². The van der Waals surface area contributed by atoms with Crippen molar-refractivity contribution >= 4 is 44.0 Å². The molecule has 0 atom stereocenters. The van der Waals surface area contributed by atoms with Crippen LogP contribution in [0.4, 0.5) is 5.69 Å². The first-order valence-corrected chi connectivity index (χ1v) is 10.0. The molecule has 0 N–H and O–H groups in total. The molecule has 0 aliphatic rings. The Morgan fingerprint density at radius 3 is 2.30 bits per heavy atom. The molecule has 0 aliphatic carbocycles. The zero-order valence-corrected chi connectivity index (χ0v) is 16.8. The van der Waals surface area contributed by atoms with Crippen LogP contribution >= 0.6 is 11.6 Å². The Bertz CT molecular complexity index is 1120. The number of hydrogen-bond acceptors (Lipinski definition) is 3. The Morgan fingerprint density at radius 2 is 1.59 bits per heavy atom. The van der Waals surface area contributed by atoms with E-state index in [0.717, 1.165) is 20.8 Å². The van der Waals surface area contributed by atoms with E-state index in [9.17, 15) is 13.2 Å². The van der Waals surface area contributed by atoms with Gasteiger partial charge in [0.05, 0.1) is 21.2 Å². The van der Waals surface area contributed by atoms with Crippen molar-refractivity contribution in [3.63, 3.8) is 0 Å². The fourth-order valence-corrected chi connectivity index (χ4v) is 3.96. The van der Waals surface area contributed by atoms with E-state index in [4.69, 9.17) is 11.6 Å². The molecular formula is C20H19ClN2O3S. The van der Waals surface area contributed by atoms with Gasteiger partial charge in [-0.1, -0.05) is 48.0 Å². The third-order valence-electron chi connectivity index (χ3n) is 4.38. The Balaban J connectivity index is 2.08. The molecule has 0 heterocycles. The lowest BCUT2D eigenvalue weighted by Gasteiger charge is -2.21. The fourth-order valence-electron chi connectivity index (χ4n) is 2.83. The van der Waals surface area contributed by atoms with E-state index in [-0.39, 0.29) is 21.4 Å². The second-order valence-corrected chi connectivity index (χ2v) is 8.85. The van der Waals surface area contributed by atoms with Crippen molar-refractivity contribution < 1.29 is 13.2 Å². The molecule has 0 saturated heterocycles. The van der Waals surface area contributed by atoms with Gasteiger partial charge in [0.1, 0.15) is 0 Å². The SMILES string of the molecule is CN(C(=O)c1cc(S(=O)(=O)N(C)C)ccc1Cl)c1cccc2ccccc12. The van der Waals surface area contributed by atoms with Gasteiger partial charge in [0, 0.05) is 26.5 Å². The van der Waals surface area contributed by atoms with Crippen LogP contribution in [-0.2, 0) is 10.0 Å². The number of sulfonamides is 1. The molecule has 0 fully saturated rings. The molecule has 0 bridgehead atoms. The van der Waals surface area contributed by atoms with Crippen LogP contribution in [0.5, 0.6) is 0 Å². The number of carbonyl (C=O) groups is 1. The summed E-state index contributed by atoms with van der Waals surface area (Å²) in [5, 5.41) is 2.12. The van der Waals surface area contributed by atoms with Crippen LogP contribution in [0.3, 0.4) is 0 Å². The molecule has 1 amide bonds. The summed E-state index contributed by atoms with van der Waals surface area (Å²) < 4.78 is 25.9. The normalized spacial score (nSPS) is 11.7. The van der Waals surface area contributed by atoms with E-state index >= 15 is 0 Å². The average Bonchev–Trinajstić information content (AvgIpc) is 2.66. The molecule has 0 aromatic heterocycles. The smallest absolute Gasteiger partial charge is 0.259 e. The number of fused-ring (bicyclic) bond motifs is 1. The Morgan fingerprint density at radius 1 is 0.926 bits per heavy atom. The van der Waals surface area contributed by atoms with Crippen LogP contribution in [0, 0.1) is 0 Å². The third-order valence-corrected chi connectivity index (χ3v) is 6.52. The second-order valence-electron chi connectivity index (χ2n) is 6.29. The topological polar surface area (TPSA) is 57.7 Å². The van der Waals surface area contributed by atoms with E-state index in [0.29, 0.717) is 0 Å². The van der Waals surface area contributed by atoms with Crippen molar-refractivity contribution in [1.29, 1.82) is 0 Å². The number of carbonyl (C=O) groups excluding carboxylic acids is 1. The number of anilines is 1. The van der Waals surface area contributed by atoms with Gasteiger partial charge in [0.25, 0.3) is 5.91 Å². The van der Waals surface area contributed by atoms with Crippen LogP contribution < -0.4 is 4.90 Å². The summed E-state index contributed by atoms with van der Waals surface area (Å²) in [7, 11) is 0.852. The predicted octanol–water partition coefficient (Wildman–Crippen LogP) is 4.02. The maximum absolute atomic E-state index is 13.1. The summed E-state index contributed by atoms with van der Waals surface area (Å²) in [6, 6.07) is 17.6. The third kappa shape index (κ3) is 3.56. The molecule has 140 valence electrons. The van der Waals surface area contributed by atoms with Gasteiger partial charge in [0.15, 0.2) is 0 Å². The molecule has 0 aliphatic heterocycles. The summed E-state index contributed by atoms with van der Waals surface area (Å²) in [4.78, 5) is 14.6. The van der Waals surface area contributed by atoms with Crippen molar-refractivity contribution in [3.05, 3.63) is 71.2 Å². The fraction of sp³-hybridized carbons (Fsp3) is 0.150. The number of hydrogen-bond donors (Lipinski definition) is 0. The van der Waals surface area contributed by atoms with Crippen molar-refractivity contribution in [3.8, 4) is 0 Å². The highest BCUT2D eigenvalue weighted by atomic mass is 35.5. The maximum atomic E-state index is 13.1. The summed E-state index contributed by atoms with van der Waals surface area (Å²) in [6.45, 7) is 0. The molecule has 3 rings (SSSR count). The van der Waals surface area contributed by atoms with Crippen LogP contribution in [0.25, 0.3) is 10.8 Å². The number of amides is 1. The first-order chi connectivity index (χ1) is 12.7. The Kier molecular flexibility index (Phi) is 5.24. The molecule has 0 radical (unpaired) electrons. The van der Waals surface area contributed by atoms with E-state index in [2.05, 4.69) is 0 Å². The highest BCUT2D eigenvalue weighted by Crippen LogP contribution is 2.29. The van der Waals surface area contributed by atoms with E-state index in [1.165, 1.54) is 37.2 Å². The molecule has 27 heavy (non-hydrogen) atoms. The molecule has 0 saturated carbocycles. The molecule has 5 nitrogen and oxygen atoms in total. The largest absolute Gasteiger partial charge is 0.311 e. The number of nitrogens with zero attached hydrogens (tertiary/aromatic N) is 2. The second kappa shape index (κ2) is 7.31. The summed E-state index contributed by atoms with van der Waals surface area (Å²) in [5.74, 6) is -0.382. The zero-order valence-electron chi connectivity index (χ0n) is 15.2. The molecular weight excluding hydrogens is 384 g/mol. The lowest BCUT2D eigenvalue weighted by atomic mass is 10.1. The summed E-state index contributed by atoms with van der Waals surface area (Å²) in [6.07, 6.45) is 0. The lowest BCUT2D eigenvalue weighted by molar-refractivity contribution is 0.0993. The van der Waals surface area contributed by atoms with Gasteiger partial charge in [-0.15, -0.1) is 0 Å². The highest BCUT2D eigenvalue weighted by Gasteiger charge is 2.23. The highest BCUT2D eigenvalue weighted by molar-refractivity contribution is 7.89. The van der Waals surface area contributed by atoms with Crippen LogP contribution in [-0.4, -0.2) is 39.8 Å². The predicted molar refractivity (Wildman–Crippen MR) is 109 cm³/mol. The molecule has 0 spiro atoms. The average molecular weight is 403 g/mol. The Labute approximate surface area is 163 Å². The molecule has 7 heteroatoms.